The Labute approximate surface area is 134 Å². The highest BCUT2D eigenvalue weighted by Gasteiger charge is 2.21. The summed E-state index contributed by atoms with van der Waals surface area (Å²) in [6.07, 6.45) is 1.78. The predicted octanol–water partition coefficient (Wildman–Crippen LogP) is 3.67. The third-order valence-electron chi connectivity index (χ3n) is 3.81. The molecule has 2 aromatic rings. The molecular formula is C19H17FN2O. The van der Waals surface area contributed by atoms with E-state index in [-0.39, 0.29) is 11.7 Å². The lowest BCUT2D eigenvalue weighted by molar-refractivity contribution is -0.115. The first-order valence-corrected chi connectivity index (χ1v) is 7.39. The predicted molar refractivity (Wildman–Crippen MR) is 89.7 cm³/mol. The van der Waals surface area contributed by atoms with Crippen LogP contribution in [0.15, 0.2) is 47.1 Å². The topological polar surface area (TPSA) is 41.5 Å². The van der Waals surface area contributed by atoms with Gasteiger partial charge in [0.05, 0.1) is 0 Å². The van der Waals surface area contributed by atoms with Crippen molar-refractivity contribution in [3.8, 4) is 0 Å². The zero-order chi connectivity index (χ0) is 16.6. The standard InChI is InChI=1S/C19H17FN2O/c1-11-7-12(2)16(13(3)8-11)10-17-19(23)22-18(21-17)14-5-4-6-15(20)9-14/h4-10H,1-3H3,(H,21,22,23)/b17-10-. The Bertz CT molecular complexity index is 842. The molecule has 1 aliphatic rings. The fourth-order valence-electron chi connectivity index (χ4n) is 2.80. The number of nitrogens with zero attached hydrogens (tertiary/aromatic N) is 1. The van der Waals surface area contributed by atoms with E-state index in [1.165, 1.54) is 17.7 Å². The van der Waals surface area contributed by atoms with Crippen molar-refractivity contribution in [3.63, 3.8) is 0 Å². The lowest BCUT2D eigenvalue weighted by atomic mass is 9.99. The van der Waals surface area contributed by atoms with Crippen molar-refractivity contribution >= 4 is 17.8 Å². The van der Waals surface area contributed by atoms with Gasteiger partial charge < -0.3 is 5.32 Å². The Hall–Kier alpha value is -2.75. The second-order valence-corrected chi connectivity index (χ2v) is 5.77. The van der Waals surface area contributed by atoms with Crippen LogP contribution in [0, 0.1) is 26.6 Å². The van der Waals surface area contributed by atoms with E-state index in [0.717, 1.165) is 16.7 Å². The normalized spacial score (nSPS) is 15.7. The van der Waals surface area contributed by atoms with Crippen molar-refractivity contribution in [3.05, 3.63) is 75.7 Å². The van der Waals surface area contributed by atoms with Gasteiger partial charge in [0.1, 0.15) is 17.3 Å². The van der Waals surface area contributed by atoms with Crippen LogP contribution in [0.4, 0.5) is 4.39 Å². The number of hydrogen-bond donors (Lipinski definition) is 1. The van der Waals surface area contributed by atoms with Crippen LogP contribution in [-0.4, -0.2) is 11.7 Å². The third kappa shape index (κ3) is 3.06. The first-order valence-electron chi connectivity index (χ1n) is 7.39. The largest absolute Gasteiger partial charge is 0.305 e. The second-order valence-electron chi connectivity index (χ2n) is 5.77. The molecule has 0 radical (unpaired) electrons. The monoisotopic (exact) mass is 308 g/mol. The Morgan fingerprint density at radius 2 is 1.78 bits per heavy atom. The van der Waals surface area contributed by atoms with Crippen LogP contribution in [0.1, 0.15) is 27.8 Å². The van der Waals surface area contributed by atoms with Gasteiger partial charge in [-0.05, 0) is 55.7 Å². The van der Waals surface area contributed by atoms with E-state index in [1.807, 2.05) is 20.8 Å². The fraction of sp³-hybridized carbons (Fsp3) is 0.158. The molecule has 0 unspecified atom stereocenters. The number of nitrogens with one attached hydrogen (secondary N) is 1. The number of amidine groups is 1. The van der Waals surface area contributed by atoms with Crippen molar-refractivity contribution in [2.45, 2.75) is 20.8 Å². The van der Waals surface area contributed by atoms with Gasteiger partial charge in [-0.15, -0.1) is 0 Å². The summed E-state index contributed by atoms with van der Waals surface area (Å²) in [6.45, 7) is 6.06. The van der Waals surface area contributed by atoms with Gasteiger partial charge in [-0.1, -0.05) is 29.8 Å². The number of aryl methyl sites for hydroxylation is 3. The van der Waals surface area contributed by atoms with Gasteiger partial charge in [-0.2, -0.15) is 0 Å². The van der Waals surface area contributed by atoms with Crippen LogP contribution in [0.5, 0.6) is 0 Å². The van der Waals surface area contributed by atoms with Crippen molar-refractivity contribution in [2.24, 2.45) is 4.99 Å². The second kappa shape index (κ2) is 5.80. The zero-order valence-corrected chi connectivity index (χ0v) is 13.3. The van der Waals surface area contributed by atoms with E-state index < -0.39 is 0 Å². The van der Waals surface area contributed by atoms with Crippen molar-refractivity contribution in [1.82, 2.24) is 5.32 Å². The molecule has 116 valence electrons. The average molecular weight is 308 g/mol. The molecule has 0 spiro atoms. The first kappa shape index (κ1) is 15.2. The Morgan fingerprint density at radius 3 is 2.43 bits per heavy atom. The Kier molecular flexibility index (Phi) is 3.82. The lowest BCUT2D eigenvalue weighted by Crippen LogP contribution is -2.24. The SMILES string of the molecule is Cc1cc(C)c(/C=C2\N=C(c3cccc(F)c3)NC2=O)c(C)c1. The van der Waals surface area contributed by atoms with Gasteiger partial charge in [0, 0.05) is 5.56 Å². The smallest absolute Gasteiger partial charge is 0.275 e. The van der Waals surface area contributed by atoms with E-state index in [2.05, 4.69) is 22.4 Å². The molecule has 1 amide bonds. The van der Waals surface area contributed by atoms with Gasteiger partial charge in [0.2, 0.25) is 0 Å². The molecule has 0 fully saturated rings. The van der Waals surface area contributed by atoms with E-state index in [4.69, 9.17) is 0 Å². The number of aliphatic imine (C=N–C) groups is 1. The molecule has 0 saturated carbocycles. The summed E-state index contributed by atoms with van der Waals surface area (Å²) < 4.78 is 13.3. The fourth-order valence-corrected chi connectivity index (χ4v) is 2.80. The molecule has 0 aliphatic carbocycles. The van der Waals surface area contributed by atoms with E-state index >= 15 is 0 Å². The molecule has 23 heavy (non-hydrogen) atoms. The van der Waals surface area contributed by atoms with Gasteiger partial charge in [0.15, 0.2) is 0 Å². The van der Waals surface area contributed by atoms with Crippen molar-refractivity contribution in [2.75, 3.05) is 0 Å². The van der Waals surface area contributed by atoms with Crippen LogP contribution in [-0.2, 0) is 4.79 Å². The highest BCUT2D eigenvalue weighted by molar-refractivity contribution is 6.19. The van der Waals surface area contributed by atoms with Gasteiger partial charge in [0.25, 0.3) is 5.91 Å². The Morgan fingerprint density at radius 1 is 1.09 bits per heavy atom. The molecule has 2 aromatic carbocycles. The molecular weight excluding hydrogens is 291 g/mol. The minimum Gasteiger partial charge on any atom is -0.305 e. The molecule has 1 heterocycles. The molecule has 4 heteroatoms. The highest BCUT2D eigenvalue weighted by Crippen LogP contribution is 2.22. The summed E-state index contributed by atoms with van der Waals surface area (Å²) in [4.78, 5) is 16.5. The number of benzene rings is 2. The van der Waals surface area contributed by atoms with E-state index in [1.54, 1.807) is 18.2 Å². The molecule has 3 nitrogen and oxygen atoms in total. The average Bonchev–Trinajstić information content (AvgIpc) is 2.84. The van der Waals surface area contributed by atoms with E-state index in [0.29, 0.717) is 17.1 Å². The van der Waals surface area contributed by atoms with Crippen LogP contribution in [0.2, 0.25) is 0 Å². The summed E-state index contributed by atoms with van der Waals surface area (Å²) in [6, 6.07) is 10.2. The summed E-state index contributed by atoms with van der Waals surface area (Å²) in [5.41, 5.74) is 5.25. The van der Waals surface area contributed by atoms with Crippen molar-refractivity contribution in [1.29, 1.82) is 0 Å². The maximum atomic E-state index is 13.3. The third-order valence-corrected chi connectivity index (χ3v) is 3.81. The number of rotatable bonds is 2. The molecule has 0 aromatic heterocycles. The first-order chi connectivity index (χ1) is 10.9. The lowest BCUT2D eigenvalue weighted by Gasteiger charge is -2.07. The van der Waals surface area contributed by atoms with Gasteiger partial charge >= 0.3 is 0 Å². The van der Waals surface area contributed by atoms with Crippen LogP contribution in [0.3, 0.4) is 0 Å². The number of halogens is 1. The molecule has 0 saturated heterocycles. The van der Waals surface area contributed by atoms with Crippen LogP contribution in [0.25, 0.3) is 6.08 Å². The number of carbonyl (C=O) groups is 1. The molecule has 1 aliphatic heterocycles. The summed E-state index contributed by atoms with van der Waals surface area (Å²) in [5.74, 6) is -0.256. The molecule has 1 N–H and O–H groups in total. The summed E-state index contributed by atoms with van der Waals surface area (Å²) in [7, 11) is 0. The number of amides is 1. The Balaban J connectivity index is 2.02. The molecule has 0 atom stereocenters. The number of carbonyl (C=O) groups excluding carboxylic acids is 1. The number of hydrogen-bond acceptors (Lipinski definition) is 2. The maximum Gasteiger partial charge on any atom is 0.275 e. The minimum atomic E-state index is -0.359. The van der Waals surface area contributed by atoms with E-state index in [9.17, 15) is 9.18 Å². The molecule has 3 rings (SSSR count). The minimum absolute atomic E-state index is 0.274. The summed E-state index contributed by atoms with van der Waals surface area (Å²) >= 11 is 0. The quantitative estimate of drug-likeness (QED) is 0.845. The summed E-state index contributed by atoms with van der Waals surface area (Å²) in [5, 5.41) is 2.69. The maximum absolute atomic E-state index is 13.3. The van der Waals surface area contributed by atoms with Crippen molar-refractivity contribution < 1.29 is 9.18 Å². The zero-order valence-electron chi connectivity index (χ0n) is 13.3. The molecule has 0 bridgehead atoms. The van der Waals surface area contributed by atoms with Crippen LogP contribution >= 0.6 is 0 Å². The van der Waals surface area contributed by atoms with Gasteiger partial charge in [-0.3, -0.25) is 4.79 Å². The van der Waals surface area contributed by atoms with Crippen LogP contribution < -0.4 is 5.32 Å². The van der Waals surface area contributed by atoms with Gasteiger partial charge in [-0.25, -0.2) is 9.38 Å². The highest BCUT2D eigenvalue weighted by atomic mass is 19.1.